The Balaban J connectivity index is 2.09. The first-order chi connectivity index (χ1) is 12.4. The number of ether oxygens (including phenoxy) is 2. The maximum Gasteiger partial charge on any atom is 0.345 e. The summed E-state index contributed by atoms with van der Waals surface area (Å²) in [5.41, 5.74) is -0.154. The molecule has 2 rings (SSSR count). The van der Waals surface area contributed by atoms with Crippen LogP contribution in [0.15, 0.2) is 30.3 Å². The highest BCUT2D eigenvalue weighted by molar-refractivity contribution is 5.80. The second-order valence-electron chi connectivity index (χ2n) is 7.92. The fourth-order valence-corrected chi connectivity index (χ4v) is 3.38. The van der Waals surface area contributed by atoms with Crippen LogP contribution in [0.5, 0.6) is 0 Å². The molecule has 0 spiro atoms. The van der Waals surface area contributed by atoms with Crippen molar-refractivity contribution in [3.8, 4) is 0 Å². The zero-order valence-electron chi connectivity index (χ0n) is 16.4. The van der Waals surface area contributed by atoms with Crippen molar-refractivity contribution in [2.75, 3.05) is 6.61 Å². The summed E-state index contributed by atoms with van der Waals surface area (Å²) in [4.78, 5) is 24.6. The Kier molecular flexibility index (Phi) is 7.24. The van der Waals surface area contributed by atoms with E-state index in [1.807, 2.05) is 51.1 Å². The van der Waals surface area contributed by atoms with Gasteiger partial charge in [-0.2, -0.15) is 0 Å². The van der Waals surface area contributed by atoms with Crippen LogP contribution in [0.1, 0.15) is 77.7 Å². The van der Waals surface area contributed by atoms with Crippen molar-refractivity contribution in [1.29, 1.82) is 0 Å². The number of carbonyl (C=O) groups is 2. The van der Waals surface area contributed by atoms with Crippen molar-refractivity contribution in [3.63, 3.8) is 0 Å². The van der Waals surface area contributed by atoms with Crippen molar-refractivity contribution in [3.05, 3.63) is 35.9 Å². The van der Waals surface area contributed by atoms with Crippen LogP contribution in [0, 0.1) is 5.41 Å². The van der Waals surface area contributed by atoms with Gasteiger partial charge in [0.15, 0.2) is 6.61 Å². The third kappa shape index (κ3) is 5.33. The van der Waals surface area contributed by atoms with Gasteiger partial charge in [0.2, 0.25) is 0 Å². The highest BCUT2D eigenvalue weighted by Crippen LogP contribution is 2.39. The largest absolute Gasteiger partial charge is 0.453 e. The molecule has 4 nitrogen and oxygen atoms in total. The molecule has 0 radical (unpaired) electrons. The first kappa shape index (κ1) is 20.5. The number of esters is 2. The molecular formula is C22H32O4. The molecule has 0 amide bonds. The van der Waals surface area contributed by atoms with Gasteiger partial charge in [-0.1, -0.05) is 56.5 Å². The van der Waals surface area contributed by atoms with E-state index >= 15 is 0 Å². The van der Waals surface area contributed by atoms with E-state index in [4.69, 9.17) is 9.47 Å². The molecule has 1 aromatic carbocycles. The second kappa shape index (κ2) is 9.20. The molecule has 0 heterocycles. The van der Waals surface area contributed by atoms with Crippen molar-refractivity contribution in [1.82, 2.24) is 0 Å². The normalized spacial score (nSPS) is 17.7. The van der Waals surface area contributed by atoms with E-state index in [2.05, 4.69) is 0 Å². The van der Waals surface area contributed by atoms with E-state index in [1.54, 1.807) is 0 Å². The zero-order chi connectivity index (χ0) is 19.0. The van der Waals surface area contributed by atoms with Crippen LogP contribution >= 0.6 is 0 Å². The smallest absolute Gasteiger partial charge is 0.345 e. The summed E-state index contributed by atoms with van der Waals surface area (Å²) in [6.45, 7) is 5.25. The lowest BCUT2D eigenvalue weighted by Crippen LogP contribution is -2.36. The SMILES string of the molecule is CCC(C)(C)C(=O)OCC(=O)OC1(c2ccccc2)CCCCCCC1. The van der Waals surface area contributed by atoms with Crippen LogP contribution in [0.25, 0.3) is 0 Å². The summed E-state index contributed by atoms with van der Waals surface area (Å²) in [6.07, 6.45) is 7.92. The van der Waals surface area contributed by atoms with E-state index in [1.165, 1.54) is 6.42 Å². The maximum absolute atomic E-state index is 12.5. The number of hydrogen-bond donors (Lipinski definition) is 0. The van der Waals surface area contributed by atoms with Gasteiger partial charge >= 0.3 is 11.9 Å². The summed E-state index contributed by atoms with van der Waals surface area (Å²) in [5.74, 6) is -0.821. The highest BCUT2D eigenvalue weighted by Gasteiger charge is 2.37. The van der Waals surface area contributed by atoms with Crippen LogP contribution < -0.4 is 0 Å². The Morgan fingerprint density at radius 3 is 2.15 bits per heavy atom. The molecule has 1 aromatic rings. The molecule has 1 aliphatic carbocycles. The minimum Gasteiger partial charge on any atom is -0.453 e. The summed E-state index contributed by atoms with van der Waals surface area (Å²) >= 11 is 0. The first-order valence-corrected chi connectivity index (χ1v) is 9.84. The van der Waals surface area contributed by atoms with Gasteiger partial charge in [-0.15, -0.1) is 0 Å². The van der Waals surface area contributed by atoms with Crippen molar-refractivity contribution < 1.29 is 19.1 Å². The lowest BCUT2D eigenvalue weighted by atomic mass is 9.81. The Morgan fingerprint density at radius 2 is 1.58 bits per heavy atom. The Labute approximate surface area is 157 Å². The molecule has 0 atom stereocenters. The van der Waals surface area contributed by atoms with Crippen LogP contribution in [0.2, 0.25) is 0 Å². The molecule has 4 heteroatoms. The molecule has 1 saturated carbocycles. The van der Waals surface area contributed by atoms with Gasteiger partial charge in [-0.05, 0) is 51.5 Å². The van der Waals surface area contributed by atoms with Crippen molar-refractivity contribution in [2.45, 2.75) is 77.7 Å². The van der Waals surface area contributed by atoms with Gasteiger partial charge < -0.3 is 9.47 Å². The topological polar surface area (TPSA) is 52.6 Å². The minimum absolute atomic E-state index is 0.323. The molecule has 1 fully saturated rings. The lowest BCUT2D eigenvalue weighted by molar-refractivity contribution is -0.176. The van der Waals surface area contributed by atoms with Crippen LogP contribution in [0.4, 0.5) is 0 Å². The summed E-state index contributed by atoms with van der Waals surface area (Å²) in [6, 6.07) is 9.99. The number of carbonyl (C=O) groups excluding carboxylic acids is 2. The van der Waals surface area contributed by atoms with E-state index in [0.717, 1.165) is 44.1 Å². The molecule has 0 N–H and O–H groups in total. The fraction of sp³-hybridized carbons (Fsp3) is 0.636. The van der Waals surface area contributed by atoms with Gasteiger partial charge in [-0.25, -0.2) is 4.79 Å². The van der Waals surface area contributed by atoms with E-state index < -0.39 is 17.0 Å². The monoisotopic (exact) mass is 360 g/mol. The quantitative estimate of drug-likeness (QED) is 0.658. The number of rotatable bonds is 6. The summed E-state index contributed by atoms with van der Waals surface area (Å²) in [5, 5.41) is 0. The molecule has 26 heavy (non-hydrogen) atoms. The maximum atomic E-state index is 12.5. The predicted molar refractivity (Wildman–Crippen MR) is 102 cm³/mol. The van der Waals surface area contributed by atoms with Gasteiger partial charge in [0.05, 0.1) is 5.41 Å². The van der Waals surface area contributed by atoms with Gasteiger partial charge in [0, 0.05) is 0 Å². The summed E-state index contributed by atoms with van der Waals surface area (Å²) < 4.78 is 11.2. The third-order valence-corrected chi connectivity index (χ3v) is 5.53. The fourth-order valence-electron chi connectivity index (χ4n) is 3.38. The molecule has 1 aliphatic rings. The Bertz CT molecular complexity index is 583. The molecule has 0 bridgehead atoms. The molecular weight excluding hydrogens is 328 g/mol. The number of benzene rings is 1. The van der Waals surface area contributed by atoms with Crippen molar-refractivity contribution in [2.24, 2.45) is 5.41 Å². The molecule has 0 aliphatic heterocycles. The third-order valence-electron chi connectivity index (χ3n) is 5.53. The molecule has 0 aromatic heterocycles. The average Bonchev–Trinajstić information content (AvgIpc) is 2.62. The Morgan fingerprint density at radius 1 is 1.00 bits per heavy atom. The van der Waals surface area contributed by atoms with E-state index in [-0.39, 0.29) is 12.6 Å². The average molecular weight is 360 g/mol. The summed E-state index contributed by atoms with van der Waals surface area (Å²) in [7, 11) is 0. The predicted octanol–water partition coefficient (Wildman–Crippen LogP) is 5.15. The first-order valence-electron chi connectivity index (χ1n) is 9.84. The highest BCUT2D eigenvalue weighted by atomic mass is 16.6. The Hall–Kier alpha value is -1.84. The van der Waals surface area contributed by atoms with Crippen LogP contribution in [-0.2, 0) is 24.7 Å². The van der Waals surface area contributed by atoms with Crippen LogP contribution in [0.3, 0.4) is 0 Å². The van der Waals surface area contributed by atoms with Gasteiger partial charge in [-0.3, -0.25) is 4.79 Å². The van der Waals surface area contributed by atoms with E-state index in [9.17, 15) is 9.59 Å². The lowest BCUT2D eigenvalue weighted by Gasteiger charge is -2.35. The van der Waals surface area contributed by atoms with E-state index in [0.29, 0.717) is 6.42 Å². The molecule has 0 unspecified atom stereocenters. The second-order valence-corrected chi connectivity index (χ2v) is 7.92. The standard InChI is InChI=1S/C22H32O4/c1-4-21(2,3)20(24)25-17-19(23)26-22(18-13-9-8-10-14-18)15-11-6-5-7-12-16-22/h8-10,13-14H,4-7,11-12,15-17H2,1-3H3. The van der Waals surface area contributed by atoms with Crippen LogP contribution in [-0.4, -0.2) is 18.5 Å². The number of hydrogen-bond acceptors (Lipinski definition) is 4. The zero-order valence-corrected chi connectivity index (χ0v) is 16.4. The molecule has 0 saturated heterocycles. The molecule has 144 valence electrons. The van der Waals surface area contributed by atoms with Gasteiger partial charge in [0.1, 0.15) is 5.60 Å². The van der Waals surface area contributed by atoms with Crippen molar-refractivity contribution >= 4 is 11.9 Å². The van der Waals surface area contributed by atoms with Gasteiger partial charge in [0.25, 0.3) is 0 Å². The minimum atomic E-state index is -0.606.